The Hall–Kier alpha value is -0.530. The number of amides is 1. The van der Waals surface area contributed by atoms with Gasteiger partial charge in [-0.3, -0.25) is 4.79 Å². The fourth-order valence-electron chi connectivity index (χ4n) is 2.58. The second kappa shape index (κ2) is 4.29. The predicted octanol–water partition coefficient (Wildman–Crippen LogP) is 3.51. The van der Waals surface area contributed by atoms with E-state index in [1.807, 2.05) is 0 Å². The van der Waals surface area contributed by atoms with Crippen molar-refractivity contribution >= 4 is 5.91 Å². The van der Waals surface area contributed by atoms with Crippen molar-refractivity contribution in [3.63, 3.8) is 0 Å². The number of carbonyl (C=O) groups is 1. The van der Waals surface area contributed by atoms with Crippen LogP contribution < -0.4 is 5.32 Å². The van der Waals surface area contributed by atoms with Crippen molar-refractivity contribution in [1.29, 1.82) is 0 Å². The largest absolute Gasteiger partial charge is 0.352 e. The molecule has 17 heavy (non-hydrogen) atoms. The number of nitrogens with one attached hydrogen (secondary N) is 1. The molecular weight excluding hydrogens is 210 g/mol. The van der Waals surface area contributed by atoms with Crippen molar-refractivity contribution in [1.82, 2.24) is 5.32 Å². The topological polar surface area (TPSA) is 29.1 Å². The highest BCUT2D eigenvalue weighted by Crippen LogP contribution is 2.42. The first-order chi connectivity index (χ1) is 7.81. The lowest BCUT2D eigenvalue weighted by Gasteiger charge is -2.40. The van der Waals surface area contributed by atoms with Crippen molar-refractivity contribution in [2.45, 2.75) is 72.3 Å². The van der Waals surface area contributed by atoms with Gasteiger partial charge >= 0.3 is 0 Å². The molecule has 1 unspecified atom stereocenters. The van der Waals surface area contributed by atoms with E-state index in [-0.39, 0.29) is 10.8 Å². The Bertz CT molecular complexity index is 295. The zero-order valence-electron chi connectivity index (χ0n) is 11.8. The summed E-state index contributed by atoms with van der Waals surface area (Å²) in [6, 6.07) is 0.347. The first-order valence-corrected chi connectivity index (χ1v) is 7.12. The van der Waals surface area contributed by atoms with E-state index in [2.05, 4.69) is 33.0 Å². The van der Waals surface area contributed by atoms with E-state index in [0.29, 0.717) is 11.9 Å². The highest BCUT2D eigenvalue weighted by atomic mass is 16.2. The maximum atomic E-state index is 12.3. The molecule has 0 heterocycles. The predicted molar refractivity (Wildman–Crippen MR) is 70.7 cm³/mol. The van der Waals surface area contributed by atoms with Crippen LogP contribution >= 0.6 is 0 Å². The van der Waals surface area contributed by atoms with Crippen LogP contribution in [0.1, 0.15) is 66.2 Å². The second-order valence-electron chi connectivity index (χ2n) is 7.49. The molecule has 0 saturated heterocycles. The number of carbonyl (C=O) groups excluding carboxylic acids is 1. The lowest BCUT2D eigenvalue weighted by molar-refractivity contribution is -0.136. The highest BCUT2D eigenvalue weighted by Gasteiger charge is 2.42. The summed E-state index contributed by atoms with van der Waals surface area (Å²) in [7, 11) is 0. The Morgan fingerprint density at radius 1 is 1.35 bits per heavy atom. The molecule has 2 aliphatic carbocycles. The molecular formula is C15H27NO. The summed E-state index contributed by atoms with van der Waals surface area (Å²) in [5.74, 6) is 1.16. The number of rotatable bonds is 4. The average molecular weight is 237 g/mol. The Morgan fingerprint density at radius 2 is 1.94 bits per heavy atom. The van der Waals surface area contributed by atoms with E-state index in [1.54, 1.807) is 0 Å². The molecule has 2 rings (SSSR count). The molecule has 1 N–H and O–H groups in total. The van der Waals surface area contributed by atoms with Crippen molar-refractivity contribution in [2.75, 3.05) is 0 Å². The van der Waals surface area contributed by atoms with Gasteiger partial charge in [0.25, 0.3) is 0 Å². The van der Waals surface area contributed by atoms with Gasteiger partial charge in [-0.05, 0) is 30.6 Å². The van der Waals surface area contributed by atoms with Crippen molar-refractivity contribution in [2.24, 2.45) is 16.7 Å². The SMILES string of the molecule is CC1(C(=O)NC(CC2CC2)C(C)(C)C)CCC1. The standard InChI is InChI=1S/C15H27NO/c1-14(2,3)12(10-11-6-7-11)16-13(17)15(4)8-5-9-15/h11-12H,5-10H2,1-4H3,(H,16,17). The first kappa shape index (κ1) is 12.9. The minimum atomic E-state index is -0.0624. The molecule has 2 saturated carbocycles. The molecule has 0 aromatic rings. The van der Waals surface area contributed by atoms with E-state index in [4.69, 9.17) is 0 Å². The monoisotopic (exact) mass is 237 g/mol. The summed E-state index contributed by atoms with van der Waals surface area (Å²) < 4.78 is 0. The van der Waals surface area contributed by atoms with Crippen LogP contribution in [0, 0.1) is 16.7 Å². The van der Waals surface area contributed by atoms with E-state index in [0.717, 1.165) is 18.8 Å². The molecule has 1 atom stereocenters. The molecule has 0 spiro atoms. The second-order valence-corrected chi connectivity index (χ2v) is 7.49. The third kappa shape index (κ3) is 3.02. The van der Waals surface area contributed by atoms with Crippen LogP contribution in [0.15, 0.2) is 0 Å². The molecule has 2 aliphatic rings. The van der Waals surface area contributed by atoms with Gasteiger partial charge in [-0.25, -0.2) is 0 Å². The van der Waals surface area contributed by atoms with Crippen molar-refractivity contribution < 1.29 is 4.79 Å². The normalized spacial score (nSPS) is 24.9. The van der Waals surface area contributed by atoms with Crippen LogP contribution in [-0.2, 0) is 4.79 Å². The zero-order valence-corrected chi connectivity index (χ0v) is 11.8. The Balaban J connectivity index is 1.94. The van der Waals surface area contributed by atoms with Gasteiger partial charge in [0.2, 0.25) is 5.91 Å². The summed E-state index contributed by atoms with van der Waals surface area (Å²) in [5, 5.41) is 3.33. The van der Waals surface area contributed by atoms with Gasteiger partial charge in [-0.1, -0.05) is 47.0 Å². The number of hydrogen-bond acceptors (Lipinski definition) is 1. The van der Waals surface area contributed by atoms with Gasteiger partial charge in [-0.2, -0.15) is 0 Å². The van der Waals surface area contributed by atoms with E-state index in [9.17, 15) is 4.79 Å². The van der Waals surface area contributed by atoms with Crippen molar-refractivity contribution in [3.8, 4) is 0 Å². The summed E-state index contributed by atoms with van der Waals surface area (Å²) in [6.45, 7) is 8.83. The molecule has 0 aromatic carbocycles. The van der Waals surface area contributed by atoms with Crippen LogP contribution in [0.5, 0.6) is 0 Å². The molecule has 98 valence electrons. The summed E-state index contributed by atoms with van der Waals surface area (Å²) in [4.78, 5) is 12.3. The van der Waals surface area contributed by atoms with E-state index < -0.39 is 0 Å². The fraction of sp³-hybridized carbons (Fsp3) is 0.933. The third-order valence-corrected chi connectivity index (χ3v) is 4.62. The minimum absolute atomic E-state index is 0.0624. The smallest absolute Gasteiger partial charge is 0.226 e. The molecule has 2 fully saturated rings. The van der Waals surface area contributed by atoms with Crippen LogP contribution in [0.4, 0.5) is 0 Å². The molecule has 0 aromatic heterocycles. The van der Waals surface area contributed by atoms with Gasteiger partial charge in [-0.15, -0.1) is 0 Å². The molecule has 1 amide bonds. The summed E-state index contributed by atoms with van der Waals surface area (Å²) >= 11 is 0. The lowest BCUT2D eigenvalue weighted by atomic mass is 9.69. The van der Waals surface area contributed by atoms with E-state index in [1.165, 1.54) is 25.7 Å². The third-order valence-electron chi connectivity index (χ3n) is 4.62. The zero-order chi connectivity index (χ0) is 12.7. The van der Waals surface area contributed by atoms with Crippen LogP contribution in [0.3, 0.4) is 0 Å². The van der Waals surface area contributed by atoms with Crippen LogP contribution in [0.25, 0.3) is 0 Å². The lowest BCUT2D eigenvalue weighted by Crippen LogP contribution is -2.51. The van der Waals surface area contributed by atoms with Gasteiger partial charge in [0.05, 0.1) is 0 Å². The number of hydrogen-bond donors (Lipinski definition) is 1. The van der Waals surface area contributed by atoms with Crippen LogP contribution in [-0.4, -0.2) is 11.9 Å². The van der Waals surface area contributed by atoms with Gasteiger partial charge in [0.15, 0.2) is 0 Å². The molecule has 0 bridgehead atoms. The van der Waals surface area contributed by atoms with Crippen molar-refractivity contribution in [3.05, 3.63) is 0 Å². The maximum Gasteiger partial charge on any atom is 0.226 e. The molecule has 2 heteroatoms. The van der Waals surface area contributed by atoms with Gasteiger partial charge < -0.3 is 5.32 Å². The molecule has 0 radical (unpaired) electrons. The summed E-state index contributed by atoms with van der Waals surface area (Å²) in [5.41, 5.74) is 0.116. The minimum Gasteiger partial charge on any atom is -0.352 e. The Labute approximate surface area is 106 Å². The Morgan fingerprint density at radius 3 is 2.29 bits per heavy atom. The fourth-order valence-corrected chi connectivity index (χ4v) is 2.58. The average Bonchev–Trinajstić information content (AvgIpc) is 2.95. The maximum absolute atomic E-state index is 12.3. The Kier molecular flexibility index (Phi) is 3.26. The van der Waals surface area contributed by atoms with Gasteiger partial charge in [0.1, 0.15) is 0 Å². The molecule has 0 aliphatic heterocycles. The van der Waals surface area contributed by atoms with E-state index >= 15 is 0 Å². The van der Waals surface area contributed by atoms with Crippen LogP contribution in [0.2, 0.25) is 0 Å². The highest BCUT2D eigenvalue weighted by molar-refractivity contribution is 5.83. The quantitative estimate of drug-likeness (QED) is 0.796. The molecule has 2 nitrogen and oxygen atoms in total. The van der Waals surface area contributed by atoms with Gasteiger partial charge in [0, 0.05) is 11.5 Å². The first-order valence-electron chi connectivity index (χ1n) is 7.12. The summed E-state index contributed by atoms with van der Waals surface area (Å²) in [6.07, 6.45) is 7.25.